The van der Waals surface area contributed by atoms with E-state index < -0.39 is 0 Å². The molecule has 2 nitrogen and oxygen atoms in total. The maximum atomic E-state index is 4.59. The summed E-state index contributed by atoms with van der Waals surface area (Å²) in [7, 11) is 0. The van der Waals surface area contributed by atoms with Gasteiger partial charge in [-0.25, -0.2) is 4.98 Å². The van der Waals surface area contributed by atoms with E-state index in [9.17, 15) is 0 Å². The Morgan fingerprint density at radius 1 is 1.22 bits per heavy atom. The predicted octanol–water partition coefficient (Wildman–Crippen LogP) is 4.59. The number of thiazole rings is 1. The molecule has 18 heavy (non-hydrogen) atoms. The lowest BCUT2D eigenvalue weighted by atomic mass is 10.2. The van der Waals surface area contributed by atoms with E-state index in [1.165, 1.54) is 20.7 Å². The second-order valence-electron chi connectivity index (χ2n) is 4.37. The minimum Gasteiger partial charge on any atom is -0.357 e. The average molecular weight is 274 g/mol. The monoisotopic (exact) mass is 274 g/mol. The smallest absolute Gasteiger partial charge is 0.184 e. The first kappa shape index (κ1) is 11.7. The van der Waals surface area contributed by atoms with Crippen LogP contribution in [0.3, 0.4) is 0 Å². The van der Waals surface area contributed by atoms with Crippen LogP contribution in [0.15, 0.2) is 29.6 Å². The number of benzene rings is 1. The maximum Gasteiger partial charge on any atom is 0.184 e. The second-order valence-corrected chi connectivity index (χ2v) is 6.40. The van der Waals surface area contributed by atoms with E-state index >= 15 is 0 Å². The molecule has 3 aromatic rings. The molecular weight excluding hydrogens is 260 g/mol. The van der Waals surface area contributed by atoms with Gasteiger partial charge in [-0.05, 0) is 48.6 Å². The highest BCUT2D eigenvalue weighted by Gasteiger charge is 2.05. The lowest BCUT2D eigenvalue weighted by molar-refractivity contribution is 1.16. The van der Waals surface area contributed by atoms with E-state index in [4.69, 9.17) is 0 Å². The zero-order valence-electron chi connectivity index (χ0n) is 10.4. The van der Waals surface area contributed by atoms with Gasteiger partial charge < -0.3 is 5.32 Å². The first-order valence-electron chi connectivity index (χ1n) is 5.86. The summed E-state index contributed by atoms with van der Waals surface area (Å²) < 4.78 is 1.25. The van der Waals surface area contributed by atoms with Gasteiger partial charge in [0, 0.05) is 4.88 Å². The van der Waals surface area contributed by atoms with Crippen molar-refractivity contribution >= 4 is 38.0 Å². The van der Waals surface area contributed by atoms with Gasteiger partial charge >= 0.3 is 0 Å². The molecule has 0 aliphatic rings. The van der Waals surface area contributed by atoms with E-state index in [1.54, 1.807) is 22.7 Å². The van der Waals surface area contributed by atoms with Crippen molar-refractivity contribution in [2.24, 2.45) is 0 Å². The number of nitrogens with one attached hydrogen (secondary N) is 1. The summed E-state index contributed by atoms with van der Waals surface area (Å²) in [6.07, 6.45) is 0. The van der Waals surface area contributed by atoms with E-state index in [0.29, 0.717) is 0 Å². The number of rotatable bonds is 3. The number of nitrogens with zero attached hydrogens (tertiary/aromatic N) is 1. The van der Waals surface area contributed by atoms with E-state index in [-0.39, 0.29) is 0 Å². The topological polar surface area (TPSA) is 24.9 Å². The van der Waals surface area contributed by atoms with Gasteiger partial charge in [0.25, 0.3) is 0 Å². The second kappa shape index (κ2) is 4.71. The molecule has 0 atom stereocenters. The Balaban J connectivity index is 1.81. The first-order chi connectivity index (χ1) is 8.72. The third kappa shape index (κ3) is 2.26. The van der Waals surface area contributed by atoms with Crippen LogP contribution in [-0.4, -0.2) is 4.98 Å². The van der Waals surface area contributed by atoms with Gasteiger partial charge in [0.15, 0.2) is 5.13 Å². The van der Waals surface area contributed by atoms with Gasteiger partial charge in [-0.2, -0.15) is 0 Å². The minimum atomic E-state index is 0.863. The van der Waals surface area contributed by atoms with Crippen LogP contribution in [0.1, 0.15) is 16.0 Å². The van der Waals surface area contributed by atoms with E-state index in [2.05, 4.69) is 53.8 Å². The Morgan fingerprint density at radius 3 is 2.89 bits per heavy atom. The number of fused-ring (bicyclic) bond motifs is 1. The summed E-state index contributed by atoms with van der Waals surface area (Å²) in [6.45, 7) is 5.12. The Bertz CT molecular complexity index is 682. The average Bonchev–Trinajstić information content (AvgIpc) is 2.92. The standard InChI is InChI=1S/C14H14N2S2/c1-9-3-4-11-12(7-9)18-14(16-11)15-8-13-10(2)5-6-17-13/h3-7H,8H2,1-2H3,(H,15,16). The lowest BCUT2D eigenvalue weighted by Gasteiger charge is -2.00. The molecule has 0 bridgehead atoms. The molecule has 1 aromatic carbocycles. The van der Waals surface area contributed by atoms with Crippen molar-refractivity contribution in [3.05, 3.63) is 45.6 Å². The molecule has 0 saturated heterocycles. The zero-order chi connectivity index (χ0) is 12.5. The fraction of sp³-hybridized carbons (Fsp3) is 0.214. The Morgan fingerprint density at radius 2 is 2.11 bits per heavy atom. The summed E-state index contributed by atoms with van der Waals surface area (Å²) in [5, 5.41) is 6.55. The zero-order valence-corrected chi connectivity index (χ0v) is 12.0. The van der Waals surface area contributed by atoms with Crippen molar-refractivity contribution in [1.82, 2.24) is 4.98 Å². The summed E-state index contributed by atoms with van der Waals surface area (Å²) in [4.78, 5) is 5.98. The first-order valence-corrected chi connectivity index (χ1v) is 7.56. The minimum absolute atomic E-state index is 0.863. The molecule has 1 N–H and O–H groups in total. The highest BCUT2D eigenvalue weighted by molar-refractivity contribution is 7.22. The normalized spacial score (nSPS) is 11.0. The molecule has 0 spiro atoms. The SMILES string of the molecule is Cc1ccc2nc(NCc3sccc3C)sc2c1. The Labute approximate surface area is 114 Å². The van der Waals surface area contributed by atoms with Crippen LogP contribution in [0, 0.1) is 13.8 Å². The molecule has 4 heteroatoms. The van der Waals surface area contributed by atoms with E-state index in [1.807, 2.05) is 0 Å². The van der Waals surface area contributed by atoms with Crippen molar-refractivity contribution in [1.29, 1.82) is 0 Å². The molecule has 2 aromatic heterocycles. The Kier molecular flexibility index (Phi) is 3.06. The number of hydrogen-bond acceptors (Lipinski definition) is 4. The molecule has 0 amide bonds. The van der Waals surface area contributed by atoms with Crippen molar-refractivity contribution < 1.29 is 0 Å². The number of hydrogen-bond donors (Lipinski definition) is 1. The molecule has 0 fully saturated rings. The molecule has 0 radical (unpaired) electrons. The van der Waals surface area contributed by atoms with Gasteiger partial charge in [0.2, 0.25) is 0 Å². The van der Waals surface area contributed by atoms with Gasteiger partial charge in [-0.3, -0.25) is 0 Å². The summed E-state index contributed by atoms with van der Waals surface area (Å²) >= 11 is 3.51. The van der Waals surface area contributed by atoms with Gasteiger partial charge in [0.05, 0.1) is 16.8 Å². The van der Waals surface area contributed by atoms with Crippen LogP contribution in [-0.2, 0) is 6.54 Å². The van der Waals surface area contributed by atoms with Crippen molar-refractivity contribution in [3.63, 3.8) is 0 Å². The van der Waals surface area contributed by atoms with Gasteiger partial charge in [-0.1, -0.05) is 17.4 Å². The molecular formula is C14H14N2S2. The summed E-state index contributed by atoms with van der Waals surface area (Å²) in [6, 6.07) is 8.54. The molecule has 0 saturated carbocycles. The quantitative estimate of drug-likeness (QED) is 0.755. The fourth-order valence-corrected chi connectivity index (χ4v) is 3.65. The van der Waals surface area contributed by atoms with Crippen LogP contribution < -0.4 is 5.32 Å². The molecule has 0 aliphatic heterocycles. The van der Waals surface area contributed by atoms with Crippen molar-refractivity contribution in [2.45, 2.75) is 20.4 Å². The molecule has 3 rings (SSSR count). The third-order valence-corrected chi connectivity index (χ3v) is 4.91. The lowest BCUT2D eigenvalue weighted by Crippen LogP contribution is -1.97. The van der Waals surface area contributed by atoms with E-state index in [0.717, 1.165) is 17.2 Å². The number of aromatic nitrogens is 1. The van der Waals surface area contributed by atoms with Crippen LogP contribution in [0.25, 0.3) is 10.2 Å². The number of anilines is 1. The molecule has 92 valence electrons. The molecule has 0 unspecified atom stereocenters. The highest BCUT2D eigenvalue weighted by atomic mass is 32.1. The predicted molar refractivity (Wildman–Crippen MR) is 80.7 cm³/mol. The third-order valence-electron chi connectivity index (χ3n) is 2.91. The fourth-order valence-electron chi connectivity index (χ4n) is 1.85. The maximum absolute atomic E-state index is 4.59. The summed E-state index contributed by atoms with van der Waals surface area (Å²) in [5.74, 6) is 0. The Hall–Kier alpha value is -1.39. The molecule has 0 aliphatic carbocycles. The molecule has 2 heterocycles. The van der Waals surface area contributed by atoms with Crippen molar-refractivity contribution in [3.8, 4) is 0 Å². The largest absolute Gasteiger partial charge is 0.357 e. The van der Waals surface area contributed by atoms with Crippen LogP contribution >= 0.6 is 22.7 Å². The van der Waals surface area contributed by atoms with Crippen LogP contribution in [0.2, 0.25) is 0 Å². The highest BCUT2D eigenvalue weighted by Crippen LogP contribution is 2.27. The van der Waals surface area contributed by atoms with Gasteiger partial charge in [0.1, 0.15) is 0 Å². The van der Waals surface area contributed by atoms with Crippen LogP contribution in [0.4, 0.5) is 5.13 Å². The number of thiophene rings is 1. The summed E-state index contributed by atoms with van der Waals surface area (Å²) in [5.41, 5.74) is 3.72. The van der Waals surface area contributed by atoms with Crippen LogP contribution in [0.5, 0.6) is 0 Å². The van der Waals surface area contributed by atoms with Gasteiger partial charge in [-0.15, -0.1) is 11.3 Å². The number of aryl methyl sites for hydroxylation is 2. The van der Waals surface area contributed by atoms with Crippen molar-refractivity contribution in [2.75, 3.05) is 5.32 Å².